The summed E-state index contributed by atoms with van der Waals surface area (Å²) in [5.41, 5.74) is 3.63. The standard InChI is InChI=1S/C27H32N4O3/c1-26(2)11-12-27(20-9-5-4-8-19(20)26)23(25(32)33-3)22(18-31-14-16-34-17-15-31)29-24(30-27)21-10-6-7-13-28-21/h4-10,13H,11-12,14-18H2,1-3H3,(H,29,30). The largest absolute Gasteiger partial charge is 0.466 e. The second kappa shape index (κ2) is 8.96. The number of esters is 1. The second-order valence-corrected chi connectivity index (χ2v) is 9.82. The highest BCUT2D eigenvalue weighted by Gasteiger charge is 2.51. The van der Waals surface area contributed by atoms with Crippen LogP contribution < -0.4 is 5.32 Å². The fourth-order valence-corrected chi connectivity index (χ4v) is 5.42. The molecule has 34 heavy (non-hydrogen) atoms. The lowest BCUT2D eigenvalue weighted by Gasteiger charge is -2.46. The van der Waals surface area contributed by atoms with Gasteiger partial charge in [0.15, 0.2) is 5.84 Å². The number of hydrogen-bond donors (Lipinski definition) is 1. The number of rotatable bonds is 4. The predicted molar refractivity (Wildman–Crippen MR) is 131 cm³/mol. The van der Waals surface area contributed by atoms with Crippen LogP contribution in [0.25, 0.3) is 0 Å². The summed E-state index contributed by atoms with van der Waals surface area (Å²) in [5.74, 6) is 0.347. The van der Waals surface area contributed by atoms with Crippen molar-refractivity contribution in [2.24, 2.45) is 4.99 Å². The van der Waals surface area contributed by atoms with Crippen molar-refractivity contribution in [3.8, 4) is 0 Å². The van der Waals surface area contributed by atoms with Gasteiger partial charge >= 0.3 is 5.97 Å². The molecule has 0 bridgehead atoms. The summed E-state index contributed by atoms with van der Waals surface area (Å²) in [7, 11) is 1.45. The van der Waals surface area contributed by atoms with Crippen molar-refractivity contribution in [3.63, 3.8) is 0 Å². The number of aromatic nitrogens is 1. The van der Waals surface area contributed by atoms with Crippen LogP contribution in [0.4, 0.5) is 0 Å². The van der Waals surface area contributed by atoms with Crippen LogP contribution in [0.1, 0.15) is 43.5 Å². The van der Waals surface area contributed by atoms with Gasteiger partial charge in [0.25, 0.3) is 0 Å². The Morgan fingerprint density at radius 1 is 1.09 bits per heavy atom. The van der Waals surface area contributed by atoms with E-state index >= 15 is 0 Å². The zero-order valence-electron chi connectivity index (χ0n) is 20.1. The minimum absolute atomic E-state index is 0.0149. The van der Waals surface area contributed by atoms with Gasteiger partial charge in [-0.15, -0.1) is 0 Å². The molecular formula is C27H32N4O3. The molecule has 1 aliphatic carbocycles. The van der Waals surface area contributed by atoms with Crippen LogP contribution in [0.15, 0.2) is 64.9 Å². The molecule has 1 aromatic carbocycles. The molecular weight excluding hydrogens is 428 g/mol. The Morgan fingerprint density at radius 2 is 1.82 bits per heavy atom. The van der Waals surface area contributed by atoms with Crippen LogP contribution in [-0.4, -0.2) is 61.6 Å². The van der Waals surface area contributed by atoms with E-state index in [4.69, 9.17) is 14.5 Å². The molecule has 3 aliphatic rings. The topological polar surface area (TPSA) is 76.0 Å². The zero-order chi connectivity index (χ0) is 23.8. The first-order chi connectivity index (χ1) is 16.4. The molecule has 7 heteroatoms. The molecule has 1 aromatic heterocycles. The first kappa shape index (κ1) is 22.7. The van der Waals surface area contributed by atoms with Gasteiger partial charge in [-0.1, -0.05) is 44.2 Å². The number of aliphatic imine (C=N–C) groups is 1. The fraction of sp³-hybridized carbons (Fsp3) is 0.444. The molecule has 1 spiro atoms. The molecule has 0 radical (unpaired) electrons. The molecule has 1 atom stereocenters. The number of carbonyl (C=O) groups excluding carboxylic acids is 1. The van der Waals surface area contributed by atoms with E-state index in [2.05, 4.69) is 47.2 Å². The summed E-state index contributed by atoms with van der Waals surface area (Å²) in [6, 6.07) is 14.2. The number of morpholine rings is 1. The number of nitrogens with one attached hydrogen (secondary N) is 1. The Bertz CT molecular complexity index is 1140. The number of carbonyl (C=O) groups is 1. The van der Waals surface area contributed by atoms with E-state index in [1.54, 1.807) is 6.20 Å². The van der Waals surface area contributed by atoms with Gasteiger partial charge in [0, 0.05) is 31.5 Å². The van der Waals surface area contributed by atoms with Crippen molar-refractivity contribution >= 4 is 11.8 Å². The zero-order valence-corrected chi connectivity index (χ0v) is 20.1. The Morgan fingerprint density at radius 3 is 2.53 bits per heavy atom. The molecule has 1 saturated heterocycles. The summed E-state index contributed by atoms with van der Waals surface area (Å²) >= 11 is 0. The highest BCUT2D eigenvalue weighted by atomic mass is 16.5. The van der Waals surface area contributed by atoms with Gasteiger partial charge in [0.2, 0.25) is 0 Å². The molecule has 7 nitrogen and oxygen atoms in total. The van der Waals surface area contributed by atoms with Gasteiger partial charge in [-0.05, 0) is 41.5 Å². The van der Waals surface area contributed by atoms with Crippen LogP contribution in [0.2, 0.25) is 0 Å². The third-order valence-electron chi connectivity index (χ3n) is 7.28. The van der Waals surface area contributed by atoms with E-state index in [1.165, 1.54) is 12.7 Å². The molecule has 0 saturated carbocycles. The monoisotopic (exact) mass is 460 g/mol. The normalized spacial score (nSPS) is 24.3. The second-order valence-electron chi connectivity index (χ2n) is 9.82. The smallest absolute Gasteiger partial charge is 0.338 e. The number of methoxy groups -OCH3 is 1. The molecule has 5 rings (SSSR count). The van der Waals surface area contributed by atoms with Crippen LogP contribution in [-0.2, 0) is 25.2 Å². The number of nitrogens with zero attached hydrogens (tertiary/aromatic N) is 3. The van der Waals surface area contributed by atoms with Gasteiger partial charge in [-0.3, -0.25) is 9.88 Å². The average molecular weight is 461 g/mol. The highest BCUT2D eigenvalue weighted by molar-refractivity contribution is 6.03. The minimum atomic E-state index is -0.834. The van der Waals surface area contributed by atoms with Crippen molar-refractivity contribution < 1.29 is 14.3 Å². The van der Waals surface area contributed by atoms with Crippen LogP contribution in [0.5, 0.6) is 0 Å². The van der Waals surface area contributed by atoms with Gasteiger partial charge in [-0.25, -0.2) is 9.79 Å². The number of amidine groups is 1. The van der Waals surface area contributed by atoms with Gasteiger partial charge < -0.3 is 14.8 Å². The summed E-state index contributed by atoms with van der Waals surface area (Å²) in [6.45, 7) is 8.11. The number of ether oxygens (including phenoxy) is 2. The van der Waals surface area contributed by atoms with Crippen molar-refractivity contribution in [1.29, 1.82) is 0 Å². The van der Waals surface area contributed by atoms with Crippen LogP contribution in [0, 0.1) is 0 Å². The maximum absolute atomic E-state index is 13.5. The Kier molecular flexibility index (Phi) is 6.00. The number of fused-ring (bicyclic) bond motifs is 2. The summed E-state index contributed by atoms with van der Waals surface area (Å²) < 4.78 is 10.9. The highest BCUT2D eigenvalue weighted by Crippen LogP contribution is 2.52. The number of hydrogen-bond acceptors (Lipinski definition) is 7. The lowest BCUT2D eigenvalue weighted by molar-refractivity contribution is -0.137. The third-order valence-corrected chi connectivity index (χ3v) is 7.28. The van der Waals surface area contributed by atoms with Gasteiger partial charge in [-0.2, -0.15) is 0 Å². The van der Waals surface area contributed by atoms with Crippen LogP contribution in [0.3, 0.4) is 0 Å². The van der Waals surface area contributed by atoms with Crippen molar-refractivity contribution in [3.05, 3.63) is 76.8 Å². The Balaban J connectivity index is 1.73. The third kappa shape index (κ3) is 3.93. The maximum Gasteiger partial charge on any atom is 0.338 e. The van der Waals surface area contributed by atoms with Crippen molar-refractivity contribution in [1.82, 2.24) is 15.2 Å². The lowest BCUT2D eigenvalue weighted by atomic mass is 9.62. The molecule has 178 valence electrons. The molecule has 0 amide bonds. The molecule has 2 aliphatic heterocycles. The van der Waals surface area contributed by atoms with Crippen LogP contribution >= 0.6 is 0 Å². The number of pyridine rings is 1. The molecule has 2 aromatic rings. The lowest BCUT2D eigenvalue weighted by Crippen LogP contribution is -2.50. The van der Waals surface area contributed by atoms with Crippen molar-refractivity contribution in [2.75, 3.05) is 40.0 Å². The maximum atomic E-state index is 13.5. The molecule has 3 heterocycles. The van der Waals surface area contributed by atoms with Gasteiger partial charge in [0.05, 0.1) is 25.9 Å². The van der Waals surface area contributed by atoms with E-state index in [1.807, 2.05) is 24.3 Å². The first-order valence-electron chi connectivity index (χ1n) is 11.9. The molecule has 1 unspecified atom stereocenters. The summed E-state index contributed by atoms with van der Waals surface area (Å²) in [5, 5.41) is 3.49. The predicted octanol–water partition coefficient (Wildman–Crippen LogP) is 3.16. The van der Waals surface area contributed by atoms with E-state index in [0.717, 1.165) is 36.5 Å². The first-order valence-corrected chi connectivity index (χ1v) is 11.9. The van der Waals surface area contributed by atoms with E-state index < -0.39 is 5.54 Å². The Hall–Kier alpha value is -3.03. The SMILES string of the molecule is COC(=O)C1=C(CN2CCOCC2)NC(c2ccccn2)=NC12CCC(C)(C)c1ccccc12. The molecule has 1 fully saturated rings. The van der Waals surface area contributed by atoms with Crippen molar-refractivity contribution in [2.45, 2.75) is 37.6 Å². The van der Waals surface area contributed by atoms with E-state index in [9.17, 15) is 4.79 Å². The minimum Gasteiger partial charge on any atom is -0.466 e. The van der Waals surface area contributed by atoms with E-state index in [-0.39, 0.29) is 11.4 Å². The quantitative estimate of drug-likeness (QED) is 0.707. The van der Waals surface area contributed by atoms with Gasteiger partial charge in [0.1, 0.15) is 11.2 Å². The number of benzene rings is 1. The van der Waals surface area contributed by atoms with E-state index in [0.29, 0.717) is 37.6 Å². The summed E-state index contributed by atoms with van der Waals surface area (Å²) in [6.07, 6.45) is 3.38. The molecule has 1 N–H and O–H groups in total. The fourth-order valence-electron chi connectivity index (χ4n) is 5.42. The average Bonchev–Trinajstić information content (AvgIpc) is 2.87. The summed E-state index contributed by atoms with van der Waals surface area (Å²) in [4.78, 5) is 25.6. The Labute approximate surface area is 200 Å².